The molecular formula is C23H19F2NO3. The number of carboxylic acids is 1. The van der Waals surface area contributed by atoms with Crippen LogP contribution in [0.25, 0.3) is 11.1 Å². The molecule has 3 aromatic carbocycles. The van der Waals surface area contributed by atoms with Crippen LogP contribution in [0, 0.1) is 32.4 Å². The zero-order valence-electron chi connectivity index (χ0n) is 16.1. The number of aryl methyl sites for hydroxylation is 2. The van der Waals surface area contributed by atoms with Crippen molar-refractivity contribution in [2.45, 2.75) is 20.8 Å². The van der Waals surface area contributed by atoms with Crippen molar-refractivity contribution in [3.05, 3.63) is 88.0 Å². The van der Waals surface area contributed by atoms with Gasteiger partial charge in [-0.05, 0) is 55.7 Å². The average molecular weight is 395 g/mol. The summed E-state index contributed by atoms with van der Waals surface area (Å²) in [5.41, 5.74) is 1.39. The maximum Gasteiger partial charge on any atom is 0.335 e. The van der Waals surface area contributed by atoms with Crippen LogP contribution in [0.15, 0.2) is 48.5 Å². The standard InChI is InChI=1S/C23H19F2NO3/c1-12-9-16(23(28)29)10-13(2)19(12)22(27)26-21-14(3)18(24)11-17(20(21)25)15-7-5-4-6-8-15/h4-11H,1-3H3,(H,26,27)(H,28,29). The highest BCUT2D eigenvalue weighted by Gasteiger charge is 2.22. The maximum atomic E-state index is 15.2. The molecule has 148 valence electrons. The van der Waals surface area contributed by atoms with Crippen LogP contribution >= 0.6 is 0 Å². The molecule has 0 aromatic heterocycles. The SMILES string of the molecule is Cc1cc(C(=O)O)cc(C)c1C(=O)Nc1c(C)c(F)cc(-c2ccccc2)c1F. The Balaban J connectivity index is 2.06. The van der Waals surface area contributed by atoms with Crippen molar-refractivity contribution < 1.29 is 23.5 Å². The van der Waals surface area contributed by atoms with Crippen LogP contribution in [-0.4, -0.2) is 17.0 Å². The van der Waals surface area contributed by atoms with Crippen molar-refractivity contribution in [1.82, 2.24) is 0 Å². The molecule has 0 fully saturated rings. The van der Waals surface area contributed by atoms with E-state index in [0.29, 0.717) is 16.7 Å². The Bertz CT molecular complexity index is 1100. The van der Waals surface area contributed by atoms with Gasteiger partial charge < -0.3 is 10.4 Å². The summed E-state index contributed by atoms with van der Waals surface area (Å²) in [6, 6.07) is 12.3. The predicted molar refractivity (Wildman–Crippen MR) is 107 cm³/mol. The molecule has 0 radical (unpaired) electrons. The molecule has 0 saturated heterocycles. The number of amides is 1. The van der Waals surface area contributed by atoms with Crippen LogP contribution in [0.1, 0.15) is 37.4 Å². The van der Waals surface area contributed by atoms with Crippen LogP contribution < -0.4 is 5.32 Å². The van der Waals surface area contributed by atoms with Crippen molar-refractivity contribution >= 4 is 17.6 Å². The zero-order valence-corrected chi connectivity index (χ0v) is 16.1. The molecule has 29 heavy (non-hydrogen) atoms. The first-order valence-corrected chi connectivity index (χ1v) is 8.90. The van der Waals surface area contributed by atoms with Crippen molar-refractivity contribution in [2.75, 3.05) is 5.32 Å². The largest absolute Gasteiger partial charge is 0.478 e. The first-order chi connectivity index (χ1) is 13.7. The summed E-state index contributed by atoms with van der Waals surface area (Å²) in [5, 5.41) is 11.6. The van der Waals surface area contributed by atoms with E-state index in [4.69, 9.17) is 5.11 Å². The lowest BCUT2D eigenvalue weighted by molar-refractivity contribution is 0.0696. The van der Waals surface area contributed by atoms with Gasteiger partial charge in [-0.2, -0.15) is 0 Å². The van der Waals surface area contributed by atoms with Gasteiger partial charge in [0.15, 0.2) is 5.82 Å². The van der Waals surface area contributed by atoms with Gasteiger partial charge in [-0.3, -0.25) is 4.79 Å². The number of carbonyl (C=O) groups is 2. The quantitative estimate of drug-likeness (QED) is 0.612. The monoisotopic (exact) mass is 395 g/mol. The Kier molecular flexibility index (Phi) is 5.46. The third-order valence-corrected chi connectivity index (χ3v) is 4.79. The number of carboxylic acid groups (broad SMARTS) is 1. The minimum Gasteiger partial charge on any atom is -0.478 e. The average Bonchev–Trinajstić information content (AvgIpc) is 2.68. The van der Waals surface area contributed by atoms with E-state index >= 15 is 4.39 Å². The minimum atomic E-state index is -1.11. The number of nitrogens with one attached hydrogen (secondary N) is 1. The Morgan fingerprint density at radius 3 is 2.07 bits per heavy atom. The molecule has 6 heteroatoms. The molecule has 0 heterocycles. The molecule has 0 spiro atoms. The predicted octanol–water partition coefficient (Wildman–Crippen LogP) is 5.51. The van der Waals surface area contributed by atoms with E-state index in [0.717, 1.165) is 6.07 Å². The van der Waals surface area contributed by atoms with Crippen LogP contribution in [0.2, 0.25) is 0 Å². The maximum absolute atomic E-state index is 15.2. The van der Waals surface area contributed by atoms with Gasteiger partial charge in [0, 0.05) is 16.7 Å². The third-order valence-electron chi connectivity index (χ3n) is 4.79. The lowest BCUT2D eigenvalue weighted by Crippen LogP contribution is -2.18. The lowest BCUT2D eigenvalue weighted by atomic mass is 9.97. The first-order valence-electron chi connectivity index (χ1n) is 8.90. The van der Waals surface area contributed by atoms with Crippen LogP contribution in [0.5, 0.6) is 0 Å². The molecule has 0 aliphatic heterocycles. The smallest absolute Gasteiger partial charge is 0.335 e. The van der Waals surface area contributed by atoms with Crippen molar-refractivity contribution in [3.8, 4) is 11.1 Å². The molecule has 3 aromatic rings. The Hall–Kier alpha value is -3.54. The fourth-order valence-corrected chi connectivity index (χ4v) is 3.31. The number of hydrogen-bond acceptors (Lipinski definition) is 2. The molecule has 0 aliphatic carbocycles. The number of anilines is 1. The number of halogens is 2. The summed E-state index contributed by atoms with van der Waals surface area (Å²) in [5.74, 6) is -3.12. The Labute approximate surface area is 166 Å². The van der Waals surface area contributed by atoms with E-state index in [2.05, 4.69) is 5.32 Å². The number of carbonyl (C=O) groups excluding carboxylic acids is 1. The highest BCUT2D eigenvalue weighted by Crippen LogP contribution is 2.33. The topological polar surface area (TPSA) is 66.4 Å². The van der Waals surface area contributed by atoms with Crippen LogP contribution in [0.4, 0.5) is 14.5 Å². The van der Waals surface area contributed by atoms with Gasteiger partial charge in [0.2, 0.25) is 0 Å². The molecule has 2 N–H and O–H groups in total. The fourth-order valence-electron chi connectivity index (χ4n) is 3.31. The van der Waals surface area contributed by atoms with E-state index in [1.165, 1.54) is 19.1 Å². The van der Waals surface area contributed by atoms with Crippen molar-refractivity contribution in [1.29, 1.82) is 0 Å². The van der Waals surface area contributed by atoms with Gasteiger partial charge in [0.05, 0.1) is 11.3 Å². The number of benzene rings is 3. The second kappa shape index (κ2) is 7.83. The summed E-state index contributed by atoms with van der Waals surface area (Å²) in [7, 11) is 0. The number of rotatable bonds is 4. The second-order valence-corrected chi connectivity index (χ2v) is 6.83. The van der Waals surface area contributed by atoms with E-state index in [-0.39, 0.29) is 27.9 Å². The summed E-state index contributed by atoms with van der Waals surface area (Å²) >= 11 is 0. The summed E-state index contributed by atoms with van der Waals surface area (Å²) in [6.45, 7) is 4.58. The molecule has 4 nitrogen and oxygen atoms in total. The summed E-state index contributed by atoms with van der Waals surface area (Å²) in [4.78, 5) is 24.0. The number of aromatic carboxylic acids is 1. The fraction of sp³-hybridized carbons (Fsp3) is 0.130. The summed E-state index contributed by atoms with van der Waals surface area (Å²) < 4.78 is 29.7. The molecule has 1 amide bonds. The van der Waals surface area contributed by atoms with Crippen molar-refractivity contribution in [2.24, 2.45) is 0 Å². The molecule has 0 atom stereocenters. The molecule has 0 saturated carbocycles. The van der Waals surface area contributed by atoms with E-state index < -0.39 is 23.5 Å². The highest BCUT2D eigenvalue weighted by molar-refractivity contribution is 6.07. The Morgan fingerprint density at radius 1 is 0.931 bits per heavy atom. The zero-order chi connectivity index (χ0) is 21.3. The van der Waals surface area contributed by atoms with E-state index in [1.807, 2.05) is 0 Å². The second-order valence-electron chi connectivity index (χ2n) is 6.83. The Morgan fingerprint density at radius 2 is 1.52 bits per heavy atom. The highest BCUT2D eigenvalue weighted by atomic mass is 19.1. The van der Waals surface area contributed by atoms with Crippen molar-refractivity contribution in [3.63, 3.8) is 0 Å². The first kappa shape index (κ1) is 20.2. The number of hydrogen-bond donors (Lipinski definition) is 2. The third kappa shape index (κ3) is 3.87. The molecule has 0 bridgehead atoms. The summed E-state index contributed by atoms with van der Waals surface area (Å²) in [6.07, 6.45) is 0. The van der Waals surface area contributed by atoms with Gasteiger partial charge in [0.25, 0.3) is 5.91 Å². The van der Waals surface area contributed by atoms with Gasteiger partial charge in [-0.25, -0.2) is 13.6 Å². The van der Waals surface area contributed by atoms with Gasteiger partial charge in [-0.15, -0.1) is 0 Å². The molecule has 0 unspecified atom stereocenters. The molecule has 3 rings (SSSR count). The van der Waals surface area contributed by atoms with Crippen LogP contribution in [0.3, 0.4) is 0 Å². The normalized spacial score (nSPS) is 10.7. The van der Waals surface area contributed by atoms with E-state index in [1.54, 1.807) is 44.2 Å². The van der Waals surface area contributed by atoms with E-state index in [9.17, 15) is 14.0 Å². The van der Waals surface area contributed by atoms with Gasteiger partial charge >= 0.3 is 5.97 Å². The van der Waals surface area contributed by atoms with Gasteiger partial charge in [-0.1, -0.05) is 30.3 Å². The lowest BCUT2D eigenvalue weighted by Gasteiger charge is -2.16. The van der Waals surface area contributed by atoms with Crippen LogP contribution in [-0.2, 0) is 0 Å². The minimum absolute atomic E-state index is 0.0204. The van der Waals surface area contributed by atoms with Gasteiger partial charge in [0.1, 0.15) is 5.82 Å². The molecule has 0 aliphatic rings. The molecular weight excluding hydrogens is 376 g/mol.